The average molecular weight is 298 g/mol. The molecule has 5 heteroatoms. The Kier molecular flexibility index (Phi) is 5.09. The molecule has 0 saturated carbocycles. The average Bonchev–Trinajstić information content (AvgIpc) is 2.91. The van der Waals surface area contributed by atoms with Gasteiger partial charge in [-0.2, -0.15) is 5.10 Å². The summed E-state index contributed by atoms with van der Waals surface area (Å²) >= 11 is 0. The van der Waals surface area contributed by atoms with Gasteiger partial charge in [-0.3, -0.25) is 9.89 Å². The molecule has 0 saturated heterocycles. The fourth-order valence-electron chi connectivity index (χ4n) is 2.17. The van der Waals surface area contributed by atoms with Gasteiger partial charge < -0.3 is 5.73 Å². The Morgan fingerprint density at radius 1 is 1.50 bits per heavy atom. The first-order chi connectivity index (χ1) is 10.5. The molecule has 1 atom stereocenters. The van der Waals surface area contributed by atoms with Gasteiger partial charge >= 0.3 is 0 Å². The van der Waals surface area contributed by atoms with Gasteiger partial charge in [-0.05, 0) is 38.0 Å². The van der Waals surface area contributed by atoms with E-state index in [0.29, 0.717) is 12.3 Å². The largest absolute Gasteiger partial charge is 0.387 e. The topological polar surface area (TPSA) is 84.1 Å². The summed E-state index contributed by atoms with van der Waals surface area (Å²) < 4.78 is 0. The van der Waals surface area contributed by atoms with E-state index in [2.05, 4.69) is 21.8 Å². The standard InChI is InChI=1S/C17H22N4O/c1-11(4-5-12(2)13(3)22)8-17(18)20-15-6-7-16-14(9-15)10-19-21-16/h6-7,9-10,12H,1,4-5,8H2,2-3H3,(H2,18,20)(H,19,21)/t12-/m0/s1. The van der Waals surface area contributed by atoms with Crippen molar-refractivity contribution < 1.29 is 4.79 Å². The normalized spacial score (nSPS) is 13.3. The van der Waals surface area contributed by atoms with Crippen LogP contribution in [-0.2, 0) is 4.79 Å². The third-order valence-corrected chi connectivity index (χ3v) is 3.75. The molecule has 1 aromatic heterocycles. The van der Waals surface area contributed by atoms with Gasteiger partial charge in [0.25, 0.3) is 0 Å². The van der Waals surface area contributed by atoms with Crippen molar-refractivity contribution in [1.29, 1.82) is 0 Å². The zero-order valence-corrected chi connectivity index (χ0v) is 13.1. The highest BCUT2D eigenvalue weighted by Gasteiger charge is 2.08. The minimum Gasteiger partial charge on any atom is -0.387 e. The van der Waals surface area contributed by atoms with Crippen molar-refractivity contribution in [3.8, 4) is 0 Å². The van der Waals surface area contributed by atoms with E-state index < -0.39 is 0 Å². The Balaban J connectivity index is 1.94. The smallest absolute Gasteiger partial charge is 0.132 e. The van der Waals surface area contributed by atoms with E-state index in [1.807, 2.05) is 25.1 Å². The number of carbonyl (C=O) groups is 1. The van der Waals surface area contributed by atoms with Gasteiger partial charge in [-0.1, -0.05) is 19.1 Å². The van der Waals surface area contributed by atoms with Crippen LogP contribution in [0.25, 0.3) is 10.9 Å². The van der Waals surface area contributed by atoms with Gasteiger partial charge in [-0.15, -0.1) is 0 Å². The second-order valence-corrected chi connectivity index (χ2v) is 5.72. The van der Waals surface area contributed by atoms with Crippen LogP contribution in [0, 0.1) is 5.92 Å². The molecular weight excluding hydrogens is 276 g/mol. The zero-order chi connectivity index (χ0) is 16.1. The number of hydrogen-bond acceptors (Lipinski definition) is 3. The summed E-state index contributed by atoms with van der Waals surface area (Å²) in [7, 11) is 0. The summed E-state index contributed by atoms with van der Waals surface area (Å²) in [5.74, 6) is 0.810. The van der Waals surface area contributed by atoms with Crippen molar-refractivity contribution in [2.75, 3.05) is 0 Å². The molecule has 0 unspecified atom stereocenters. The number of H-pyrrole nitrogens is 1. The molecule has 3 N–H and O–H groups in total. The summed E-state index contributed by atoms with van der Waals surface area (Å²) in [6, 6.07) is 5.76. The summed E-state index contributed by atoms with van der Waals surface area (Å²) in [5.41, 5.74) is 8.76. The number of nitrogens with two attached hydrogens (primary N) is 1. The van der Waals surface area contributed by atoms with Gasteiger partial charge in [0.05, 0.1) is 17.4 Å². The molecule has 0 amide bonds. The molecule has 2 aromatic rings. The molecule has 0 radical (unpaired) electrons. The number of aliphatic imine (C=N–C) groups is 1. The number of aromatic nitrogens is 2. The van der Waals surface area contributed by atoms with Crippen LogP contribution in [0.2, 0.25) is 0 Å². The van der Waals surface area contributed by atoms with E-state index in [1.54, 1.807) is 13.1 Å². The molecule has 0 aliphatic heterocycles. The maximum Gasteiger partial charge on any atom is 0.132 e. The van der Waals surface area contributed by atoms with E-state index in [-0.39, 0.29) is 11.7 Å². The number of amidine groups is 1. The first kappa shape index (κ1) is 15.9. The van der Waals surface area contributed by atoms with Crippen LogP contribution in [0.15, 0.2) is 41.5 Å². The third-order valence-electron chi connectivity index (χ3n) is 3.75. The number of nitrogens with zero attached hydrogens (tertiary/aromatic N) is 2. The lowest BCUT2D eigenvalue weighted by Crippen LogP contribution is -2.13. The molecule has 22 heavy (non-hydrogen) atoms. The van der Waals surface area contributed by atoms with E-state index in [4.69, 9.17) is 5.73 Å². The SMILES string of the molecule is C=C(CC[C@H](C)C(C)=O)CC(N)=Nc1ccc2[nH]ncc2c1. The van der Waals surface area contributed by atoms with Crippen LogP contribution in [0.4, 0.5) is 5.69 Å². The van der Waals surface area contributed by atoms with Crippen molar-refractivity contribution >= 4 is 28.2 Å². The Hall–Kier alpha value is -2.43. The Morgan fingerprint density at radius 3 is 3.00 bits per heavy atom. The molecule has 0 aliphatic rings. The van der Waals surface area contributed by atoms with E-state index in [9.17, 15) is 4.79 Å². The predicted molar refractivity (Wildman–Crippen MR) is 90.2 cm³/mol. The monoisotopic (exact) mass is 298 g/mol. The highest BCUT2D eigenvalue weighted by Crippen LogP contribution is 2.20. The molecule has 116 valence electrons. The second-order valence-electron chi connectivity index (χ2n) is 5.72. The Morgan fingerprint density at radius 2 is 2.27 bits per heavy atom. The number of aromatic amines is 1. The molecule has 0 aliphatic carbocycles. The maximum atomic E-state index is 11.2. The number of carbonyl (C=O) groups excluding carboxylic acids is 1. The van der Waals surface area contributed by atoms with Crippen LogP contribution in [0.5, 0.6) is 0 Å². The van der Waals surface area contributed by atoms with E-state index >= 15 is 0 Å². The number of benzene rings is 1. The van der Waals surface area contributed by atoms with Crippen molar-refractivity contribution in [1.82, 2.24) is 10.2 Å². The lowest BCUT2D eigenvalue weighted by molar-refractivity contribution is -0.120. The Labute approximate surface area is 130 Å². The third kappa shape index (κ3) is 4.28. The van der Waals surface area contributed by atoms with Gasteiger partial charge in [0.1, 0.15) is 11.6 Å². The minimum atomic E-state index is 0.0680. The van der Waals surface area contributed by atoms with E-state index in [0.717, 1.165) is 35.0 Å². The quantitative estimate of drug-likeness (QED) is 0.466. The molecule has 0 fully saturated rings. The number of fused-ring (bicyclic) bond motifs is 1. The van der Waals surface area contributed by atoms with Crippen molar-refractivity contribution in [2.24, 2.45) is 16.6 Å². The summed E-state index contributed by atoms with van der Waals surface area (Å²) in [4.78, 5) is 15.6. The molecule has 2 rings (SSSR count). The lowest BCUT2D eigenvalue weighted by atomic mass is 9.97. The number of hydrogen-bond donors (Lipinski definition) is 2. The second kappa shape index (κ2) is 7.02. The van der Waals surface area contributed by atoms with Crippen molar-refractivity contribution in [3.63, 3.8) is 0 Å². The first-order valence-corrected chi connectivity index (χ1v) is 7.39. The van der Waals surface area contributed by atoms with Crippen LogP contribution in [-0.4, -0.2) is 21.8 Å². The molecule has 1 heterocycles. The fourth-order valence-corrected chi connectivity index (χ4v) is 2.17. The molecule has 0 bridgehead atoms. The predicted octanol–water partition coefficient (Wildman–Crippen LogP) is 3.50. The first-order valence-electron chi connectivity index (χ1n) is 7.39. The lowest BCUT2D eigenvalue weighted by Gasteiger charge is -2.09. The number of Topliss-reactive ketones (excluding diaryl/α,β-unsaturated/α-hetero) is 1. The van der Waals surface area contributed by atoms with Gasteiger partial charge in [0.15, 0.2) is 0 Å². The van der Waals surface area contributed by atoms with Gasteiger partial charge in [0.2, 0.25) is 0 Å². The molecule has 0 spiro atoms. The summed E-state index contributed by atoms with van der Waals surface area (Å²) in [6.07, 6.45) is 3.90. The molecule has 5 nitrogen and oxygen atoms in total. The Bertz CT molecular complexity index is 714. The number of rotatable bonds is 7. The number of nitrogens with one attached hydrogen (secondary N) is 1. The van der Waals surface area contributed by atoms with Gasteiger partial charge in [-0.25, -0.2) is 4.99 Å². The highest BCUT2D eigenvalue weighted by molar-refractivity contribution is 5.87. The maximum absolute atomic E-state index is 11.2. The van der Waals surface area contributed by atoms with Gasteiger partial charge in [0, 0.05) is 17.7 Å². The van der Waals surface area contributed by atoms with Crippen LogP contribution in [0.3, 0.4) is 0 Å². The van der Waals surface area contributed by atoms with Crippen LogP contribution in [0.1, 0.15) is 33.1 Å². The van der Waals surface area contributed by atoms with Crippen molar-refractivity contribution in [2.45, 2.75) is 33.1 Å². The summed E-state index contributed by atoms with van der Waals surface area (Å²) in [6.45, 7) is 7.58. The number of ketones is 1. The molecular formula is C17H22N4O. The zero-order valence-electron chi connectivity index (χ0n) is 13.1. The highest BCUT2D eigenvalue weighted by atomic mass is 16.1. The minimum absolute atomic E-state index is 0.0680. The van der Waals surface area contributed by atoms with E-state index in [1.165, 1.54) is 0 Å². The fraction of sp³-hybridized carbons (Fsp3) is 0.353. The molecule has 1 aromatic carbocycles. The summed E-state index contributed by atoms with van der Waals surface area (Å²) in [5, 5.41) is 7.88. The van der Waals surface area contributed by atoms with Crippen LogP contribution < -0.4 is 5.73 Å². The van der Waals surface area contributed by atoms with Crippen LogP contribution >= 0.6 is 0 Å². The van der Waals surface area contributed by atoms with Crippen molar-refractivity contribution in [3.05, 3.63) is 36.5 Å².